The van der Waals surface area contributed by atoms with Crippen molar-refractivity contribution in [3.63, 3.8) is 0 Å². The first-order valence-electron chi connectivity index (χ1n) is 4.68. The largest absolute Gasteiger partial charge is 0.494 e. The Morgan fingerprint density at radius 3 is 3.00 bits per heavy atom. The van der Waals surface area contributed by atoms with Gasteiger partial charge in [-0.2, -0.15) is 0 Å². The van der Waals surface area contributed by atoms with Crippen molar-refractivity contribution in [2.45, 2.75) is 13.5 Å². The Morgan fingerprint density at radius 1 is 1.57 bits per heavy atom. The molecule has 0 amide bonds. The molecule has 0 aliphatic heterocycles. The maximum absolute atomic E-state index is 5.31. The van der Waals surface area contributed by atoms with Crippen LogP contribution in [0.4, 0.5) is 0 Å². The summed E-state index contributed by atoms with van der Waals surface area (Å²) in [5.41, 5.74) is 2.07. The van der Waals surface area contributed by atoms with E-state index in [1.165, 1.54) is 0 Å². The minimum atomic E-state index is 0.634. The molecule has 0 aromatic carbocycles. The van der Waals surface area contributed by atoms with Gasteiger partial charge in [0.05, 0.1) is 6.61 Å². The topological polar surface area (TPSA) is 34.1 Å². The molecule has 3 heteroatoms. The van der Waals surface area contributed by atoms with E-state index in [9.17, 15) is 0 Å². The normalized spacial score (nSPS) is 9.86. The molecule has 1 N–H and O–H groups in total. The predicted molar refractivity (Wildman–Crippen MR) is 57.7 cm³/mol. The van der Waals surface area contributed by atoms with Gasteiger partial charge in [0.2, 0.25) is 0 Å². The predicted octanol–water partition coefficient (Wildman–Crippen LogP) is 1.81. The van der Waals surface area contributed by atoms with E-state index in [1.54, 1.807) is 6.20 Å². The van der Waals surface area contributed by atoms with Gasteiger partial charge in [-0.3, -0.25) is 4.98 Å². The molecule has 0 aliphatic carbocycles. The fourth-order valence-corrected chi connectivity index (χ4v) is 1.20. The lowest BCUT2D eigenvalue weighted by Gasteiger charge is -2.07. The highest BCUT2D eigenvalue weighted by atomic mass is 16.5. The first kappa shape index (κ1) is 10.7. The average molecular weight is 192 g/mol. The van der Waals surface area contributed by atoms with Crippen molar-refractivity contribution >= 4 is 5.76 Å². The lowest BCUT2D eigenvalue weighted by Crippen LogP contribution is -2.05. The Morgan fingerprint density at radius 2 is 2.36 bits per heavy atom. The highest BCUT2D eigenvalue weighted by molar-refractivity contribution is 5.56. The van der Waals surface area contributed by atoms with Crippen LogP contribution in [-0.4, -0.2) is 18.6 Å². The molecule has 0 bridgehead atoms. The standard InChI is InChI=1S/C11H16N2O/c1-4-14-9(2)11-5-10(6-12-3)7-13-8-11/h5,7-8,12H,2,4,6H2,1,3H3. The van der Waals surface area contributed by atoms with Gasteiger partial charge < -0.3 is 10.1 Å². The quantitative estimate of drug-likeness (QED) is 0.722. The summed E-state index contributed by atoms with van der Waals surface area (Å²) in [5, 5.41) is 3.07. The molecule has 76 valence electrons. The molecule has 1 aromatic rings. The number of pyridine rings is 1. The van der Waals surface area contributed by atoms with Crippen LogP contribution < -0.4 is 5.32 Å². The maximum atomic E-state index is 5.31. The zero-order chi connectivity index (χ0) is 10.4. The third-order valence-electron chi connectivity index (χ3n) is 1.82. The Balaban J connectivity index is 2.77. The third-order valence-corrected chi connectivity index (χ3v) is 1.82. The van der Waals surface area contributed by atoms with Gasteiger partial charge in [0.1, 0.15) is 5.76 Å². The highest BCUT2D eigenvalue weighted by Crippen LogP contribution is 2.13. The molecule has 0 saturated carbocycles. The van der Waals surface area contributed by atoms with Crippen molar-refractivity contribution in [2.75, 3.05) is 13.7 Å². The summed E-state index contributed by atoms with van der Waals surface area (Å²) in [6.45, 7) is 7.21. The lowest BCUT2D eigenvalue weighted by molar-refractivity contribution is 0.299. The van der Waals surface area contributed by atoms with Crippen LogP contribution in [0.5, 0.6) is 0 Å². The van der Waals surface area contributed by atoms with Crippen LogP contribution in [0.1, 0.15) is 18.1 Å². The number of hydrogen-bond acceptors (Lipinski definition) is 3. The van der Waals surface area contributed by atoms with Crippen LogP contribution in [0.3, 0.4) is 0 Å². The summed E-state index contributed by atoms with van der Waals surface area (Å²) in [7, 11) is 1.91. The van der Waals surface area contributed by atoms with E-state index in [2.05, 4.69) is 16.9 Å². The number of ether oxygens (including phenoxy) is 1. The monoisotopic (exact) mass is 192 g/mol. The molecule has 14 heavy (non-hydrogen) atoms. The van der Waals surface area contributed by atoms with Crippen molar-refractivity contribution in [2.24, 2.45) is 0 Å². The lowest BCUT2D eigenvalue weighted by atomic mass is 10.2. The number of rotatable bonds is 5. The van der Waals surface area contributed by atoms with Crippen LogP contribution in [0, 0.1) is 0 Å². The summed E-state index contributed by atoms with van der Waals surface area (Å²) in [6.07, 6.45) is 3.59. The van der Waals surface area contributed by atoms with Crippen LogP contribution in [-0.2, 0) is 11.3 Å². The van der Waals surface area contributed by atoms with Gasteiger partial charge in [-0.15, -0.1) is 0 Å². The average Bonchev–Trinajstić information content (AvgIpc) is 2.19. The number of nitrogens with zero attached hydrogens (tertiary/aromatic N) is 1. The summed E-state index contributed by atoms with van der Waals surface area (Å²) in [4.78, 5) is 4.13. The molecule has 0 saturated heterocycles. The van der Waals surface area contributed by atoms with Gasteiger partial charge in [-0.25, -0.2) is 0 Å². The molecule has 3 nitrogen and oxygen atoms in total. The summed E-state index contributed by atoms with van der Waals surface area (Å²) in [6, 6.07) is 2.03. The number of nitrogens with one attached hydrogen (secondary N) is 1. The van der Waals surface area contributed by atoms with E-state index in [-0.39, 0.29) is 0 Å². The molecule has 0 aliphatic rings. The van der Waals surface area contributed by atoms with Gasteiger partial charge in [-0.1, -0.05) is 6.58 Å². The summed E-state index contributed by atoms with van der Waals surface area (Å²) < 4.78 is 5.31. The van der Waals surface area contributed by atoms with E-state index < -0.39 is 0 Å². The van der Waals surface area contributed by atoms with Crippen molar-refractivity contribution in [3.05, 3.63) is 36.2 Å². The smallest absolute Gasteiger partial charge is 0.120 e. The first-order valence-corrected chi connectivity index (χ1v) is 4.68. The van der Waals surface area contributed by atoms with Crippen molar-refractivity contribution in [1.29, 1.82) is 0 Å². The van der Waals surface area contributed by atoms with Crippen LogP contribution in [0.25, 0.3) is 5.76 Å². The van der Waals surface area contributed by atoms with E-state index >= 15 is 0 Å². The summed E-state index contributed by atoms with van der Waals surface area (Å²) >= 11 is 0. The van der Waals surface area contributed by atoms with Gasteiger partial charge >= 0.3 is 0 Å². The maximum Gasteiger partial charge on any atom is 0.120 e. The third kappa shape index (κ3) is 2.85. The zero-order valence-corrected chi connectivity index (χ0v) is 8.71. The first-order chi connectivity index (χ1) is 6.77. The number of hydrogen-bond donors (Lipinski definition) is 1. The molecule has 0 unspecified atom stereocenters. The SMILES string of the molecule is C=C(OCC)c1cncc(CNC)c1. The van der Waals surface area contributed by atoms with E-state index in [4.69, 9.17) is 4.74 Å². The van der Waals surface area contributed by atoms with Crippen molar-refractivity contribution < 1.29 is 4.74 Å². The second kappa shape index (κ2) is 5.40. The molecule has 0 radical (unpaired) electrons. The molecule has 1 aromatic heterocycles. The number of aromatic nitrogens is 1. The van der Waals surface area contributed by atoms with Gasteiger partial charge in [0.15, 0.2) is 0 Å². The Hall–Kier alpha value is -1.35. The van der Waals surface area contributed by atoms with Crippen LogP contribution >= 0.6 is 0 Å². The highest BCUT2D eigenvalue weighted by Gasteiger charge is 2.00. The van der Waals surface area contributed by atoms with E-state index in [0.717, 1.165) is 17.7 Å². The van der Waals surface area contributed by atoms with Crippen molar-refractivity contribution in [1.82, 2.24) is 10.3 Å². The van der Waals surface area contributed by atoms with E-state index in [0.29, 0.717) is 12.4 Å². The van der Waals surface area contributed by atoms with Crippen molar-refractivity contribution in [3.8, 4) is 0 Å². The molecule has 0 fully saturated rings. The van der Waals surface area contributed by atoms with Gasteiger partial charge in [0, 0.05) is 24.5 Å². The Labute approximate surface area is 84.8 Å². The Kier molecular flexibility index (Phi) is 4.13. The van der Waals surface area contributed by atoms with Gasteiger partial charge in [0.25, 0.3) is 0 Å². The molecule has 0 spiro atoms. The molecule has 1 heterocycles. The molecule has 0 atom stereocenters. The zero-order valence-electron chi connectivity index (χ0n) is 8.71. The van der Waals surface area contributed by atoms with Gasteiger partial charge in [-0.05, 0) is 25.6 Å². The molecular weight excluding hydrogens is 176 g/mol. The van der Waals surface area contributed by atoms with Crippen LogP contribution in [0.2, 0.25) is 0 Å². The Bertz CT molecular complexity index is 310. The molecule has 1 rings (SSSR count). The second-order valence-electron chi connectivity index (χ2n) is 2.97. The van der Waals surface area contributed by atoms with Crippen LogP contribution in [0.15, 0.2) is 25.0 Å². The fraction of sp³-hybridized carbons (Fsp3) is 0.364. The summed E-state index contributed by atoms with van der Waals surface area (Å²) in [5.74, 6) is 0.679. The second-order valence-corrected chi connectivity index (χ2v) is 2.97. The minimum absolute atomic E-state index is 0.634. The minimum Gasteiger partial charge on any atom is -0.494 e. The molecular formula is C11H16N2O. The van der Waals surface area contributed by atoms with E-state index in [1.807, 2.05) is 26.2 Å². The fourth-order valence-electron chi connectivity index (χ4n) is 1.20.